The minimum absolute atomic E-state index is 0.668. The van der Waals surface area contributed by atoms with Gasteiger partial charge in [-0.05, 0) is 47.9 Å². The smallest absolute Gasteiger partial charge is 0.0312 e. The highest BCUT2D eigenvalue weighted by Crippen LogP contribution is 2.30. The lowest BCUT2D eigenvalue weighted by Crippen LogP contribution is -2.24. The molecule has 0 saturated heterocycles. The monoisotopic (exact) mass is 252 g/mol. The predicted octanol–water partition coefficient (Wildman–Crippen LogP) is 3.29. The van der Waals surface area contributed by atoms with Crippen molar-refractivity contribution < 1.29 is 0 Å². The Morgan fingerprint density at radius 3 is 3.00 bits per heavy atom. The van der Waals surface area contributed by atoms with E-state index in [1.165, 1.54) is 24.8 Å². The number of hydrogen-bond donors (Lipinski definition) is 1. The standard InChI is InChI=1S/C17H20N2/c1-2-9-17-15(6-1)7-3-8-16(17)13-19-12-14-5-4-10-18-11-14/h1-2,4-6,9-11,16,19H,3,7-8,12-13H2. The van der Waals surface area contributed by atoms with Gasteiger partial charge in [0, 0.05) is 25.5 Å². The van der Waals surface area contributed by atoms with Crippen LogP contribution in [0.1, 0.15) is 35.4 Å². The van der Waals surface area contributed by atoms with Gasteiger partial charge in [-0.25, -0.2) is 0 Å². The Kier molecular flexibility index (Phi) is 3.89. The minimum atomic E-state index is 0.668. The van der Waals surface area contributed by atoms with E-state index in [-0.39, 0.29) is 0 Å². The lowest BCUT2D eigenvalue weighted by Gasteiger charge is -2.25. The fourth-order valence-electron chi connectivity index (χ4n) is 2.96. The fourth-order valence-corrected chi connectivity index (χ4v) is 2.96. The van der Waals surface area contributed by atoms with Crippen LogP contribution in [0.15, 0.2) is 48.8 Å². The summed E-state index contributed by atoms with van der Waals surface area (Å²) in [6.45, 7) is 1.97. The molecule has 1 aliphatic rings. The first-order chi connectivity index (χ1) is 9.43. The van der Waals surface area contributed by atoms with E-state index in [0.29, 0.717) is 5.92 Å². The summed E-state index contributed by atoms with van der Waals surface area (Å²) in [5.41, 5.74) is 4.35. The van der Waals surface area contributed by atoms with Crippen molar-refractivity contribution in [1.82, 2.24) is 10.3 Å². The molecule has 2 aromatic rings. The molecule has 0 amide bonds. The minimum Gasteiger partial charge on any atom is -0.312 e. The zero-order chi connectivity index (χ0) is 12.9. The van der Waals surface area contributed by atoms with E-state index < -0.39 is 0 Å². The van der Waals surface area contributed by atoms with Gasteiger partial charge in [0.15, 0.2) is 0 Å². The first kappa shape index (κ1) is 12.4. The molecular weight excluding hydrogens is 232 g/mol. The van der Waals surface area contributed by atoms with Crippen molar-refractivity contribution in [3.05, 3.63) is 65.5 Å². The molecule has 1 heterocycles. The number of pyridine rings is 1. The number of fused-ring (bicyclic) bond motifs is 1. The SMILES string of the molecule is c1cncc(CNCC2CCCc3ccccc32)c1. The van der Waals surface area contributed by atoms with E-state index in [9.17, 15) is 0 Å². The van der Waals surface area contributed by atoms with Crippen LogP contribution in [0.25, 0.3) is 0 Å². The summed E-state index contributed by atoms with van der Waals surface area (Å²) in [6.07, 6.45) is 7.62. The number of nitrogens with zero attached hydrogens (tertiary/aromatic N) is 1. The van der Waals surface area contributed by atoms with Crippen LogP contribution in [0.2, 0.25) is 0 Å². The molecule has 2 nitrogen and oxygen atoms in total. The van der Waals surface area contributed by atoms with Crippen LogP contribution in [0, 0.1) is 0 Å². The second-order valence-electron chi connectivity index (χ2n) is 5.28. The molecule has 98 valence electrons. The number of hydrogen-bond acceptors (Lipinski definition) is 2. The Hall–Kier alpha value is -1.67. The van der Waals surface area contributed by atoms with Gasteiger partial charge in [0.25, 0.3) is 0 Å². The molecule has 1 atom stereocenters. The molecule has 1 aliphatic carbocycles. The van der Waals surface area contributed by atoms with Gasteiger partial charge in [-0.2, -0.15) is 0 Å². The molecule has 0 saturated carbocycles. The second kappa shape index (κ2) is 5.98. The Morgan fingerprint density at radius 1 is 1.16 bits per heavy atom. The average Bonchev–Trinajstić information content (AvgIpc) is 2.49. The topological polar surface area (TPSA) is 24.9 Å². The van der Waals surface area contributed by atoms with Crippen LogP contribution in [0.4, 0.5) is 0 Å². The van der Waals surface area contributed by atoms with Crippen LogP contribution in [0.5, 0.6) is 0 Å². The summed E-state index contributed by atoms with van der Waals surface area (Å²) in [5, 5.41) is 3.57. The number of benzene rings is 1. The van der Waals surface area contributed by atoms with Crippen molar-refractivity contribution in [3.8, 4) is 0 Å². The van der Waals surface area contributed by atoms with E-state index >= 15 is 0 Å². The summed E-state index contributed by atoms with van der Waals surface area (Å²) in [6, 6.07) is 13.0. The van der Waals surface area contributed by atoms with Crippen LogP contribution in [-0.4, -0.2) is 11.5 Å². The van der Waals surface area contributed by atoms with Crippen molar-refractivity contribution in [2.24, 2.45) is 0 Å². The third-order valence-corrected chi connectivity index (χ3v) is 3.94. The van der Waals surface area contributed by atoms with E-state index in [1.54, 1.807) is 11.1 Å². The Labute approximate surface area is 114 Å². The third-order valence-electron chi connectivity index (χ3n) is 3.94. The Balaban J connectivity index is 1.59. The molecule has 3 rings (SSSR count). The first-order valence-corrected chi connectivity index (χ1v) is 7.11. The Bertz CT molecular complexity index is 522. The molecule has 1 aromatic carbocycles. The van der Waals surface area contributed by atoms with E-state index in [1.807, 2.05) is 18.5 Å². The lowest BCUT2D eigenvalue weighted by atomic mass is 9.83. The summed E-state index contributed by atoms with van der Waals surface area (Å²) < 4.78 is 0. The normalized spacial score (nSPS) is 18.0. The summed E-state index contributed by atoms with van der Waals surface area (Å²) in [4.78, 5) is 4.15. The zero-order valence-electron chi connectivity index (χ0n) is 11.2. The third kappa shape index (κ3) is 3.02. The Morgan fingerprint density at radius 2 is 2.11 bits per heavy atom. The van der Waals surface area contributed by atoms with Crippen LogP contribution in [0.3, 0.4) is 0 Å². The maximum absolute atomic E-state index is 4.15. The largest absolute Gasteiger partial charge is 0.312 e. The molecule has 0 spiro atoms. The molecule has 0 bridgehead atoms. The molecular formula is C17H20N2. The van der Waals surface area contributed by atoms with Gasteiger partial charge < -0.3 is 5.32 Å². The van der Waals surface area contributed by atoms with Crippen molar-refractivity contribution in [2.75, 3.05) is 6.54 Å². The molecule has 0 aliphatic heterocycles. The maximum Gasteiger partial charge on any atom is 0.0312 e. The van der Waals surface area contributed by atoms with Crippen molar-refractivity contribution in [2.45, 2.75) is 31.7 Å². The van der Waals surface area contributed by atoms with Crippen molar-refractivity contribution >= 4 is 0 Å². The summed E-state index contributed by atoms with van der Waals surface area (Å²) >= 11 is 0. The molecule has 0 radical (unpaired) electrons. The van der Waals surface area contributed by atoms with Gasteiger partial charge in [-0.15, -0.1) is 0 Å². The van der Waals surface area contributed by atoms with Gasteiger partial charge in [0.05, 0.1) is 0 Å². The van der Waals surface area contributed by atoms with E-state index in [2.05, 4.69) is 40.6 Å². The molecule has 2 heteroatoms. The number of nitrogens with one attached hydrogen (secondary N) is 1. The molecule has 19 heavy (non-hydrogen) atoms. The van der Waals surface area contributed by atoms with Gasteiger partial charge in [0.2, 0.25) is 0 Å². The average molecular weight is 252 g/mol. The van der Waals surface area contributed by atoms with Gasteiger partial charge >= 0.3 is 0 Å². The van der Waals surface area contributed by atoms with Gasteiger partial charge in [-0.1, -0.05) is 30.3 Å². The van der Waals surface area contributed by atoms with Crippen LogP contribution in [-0.2, 0) is 13.0 Å². The van der Waals surface area contributed by atoms with Gasteiger partial charge in [-0.3, -0.25) is 4.98 Å². The van der Waals surface area contributed by atoms with E-state index in [4.69, 9.17) is 0 Å². The van der Waals surface area contributed by atoms with Gasteiger partial charge in [0.1, 0.15) is 0 Å². The van der Waals surface area contributed by atoms with Crippen molar-refractivity contribution in [1.29, 1.82) is 0 Å². The second-order valence-corrected chi connectivity index (χ2v) is 5.28. The highest BCUT2D eigenvalue weighted by Gasteiger charge is 2.18. The number of aryl methyl sites for hydroxylation is 1. The first-order valence-electron chi connectivity index (χ1n) is 7.11. The van der Waals surface area contributed by atoms with Crippen molar-refractivity contribution in [3.63, 3.8) is 0 Å². The highest BCUT2D eigenvalue weighted by atomic mass is 14.9. The fraction of sp³-hybridized carbons (Fsp3) is 0.353. The van der Waals surface area contributed by atoms with Crippen LogP contribution < -0.4 is 5.32 Å². The molecule has 0 fully saturated rings. The maximum atomic E-state index is 4.15. The molecule has 1 aromatic heterocycles. The highest BCUT2D eigenvalue weighted by molar-refractivity contribution is 5.32. The summed E-state index contributed by atoms with van der Waals surface area (Å²) in [7, 11) is 0. The number of rotatable bonds is 4. The zero-order valence-corrected chi connectivity index (χ0v) is 11.2. The number of aromatic nitrogens is 1. The molecule has 1 unspecified atom stereocenters. The summed E-state index contributed by atoms with van der Waals surface area (Å²) in [5.74, 6) is 0.668. The van der Waals surface area contributed by atoms with Crippen LogP contribution >= 0.6 is 0 Å². The lowest BCUT2D eigenvalue weighted by molar-refractivity contribution is 0.507. The quantitative estimate of drug-likeness (QED) is 0.903. The predicted molar refractivity (Wildman–Crippen MR) is 78.1 cm³/mol. The molecule has 1 N–H and O–H groups in total. The van der Waals surface area contributed by atoms with E-state index in [0.717, 1.165) is 13.1 Å².